The fourth-order valence-electron chi connectivity index (χ4n) is 2.07. The van der Waals surface area contributed by atoms with Gasteiger partial charge in [0.05, 0.1) is 28.5 Å². The predicted octanol–water partition coefficient (Wildman–Crippen LogP) is 3.13. The minimum absolute atomic E-state index is 0.565. The van der Waals surface area contributed by atoms with Crippen LogP contribution in [0.2, 0.25) is 10.0 Å². The molecule has 0 amide bonds. The molecule has 1 saturated carbocycles. The van der Waals surface area contributed by atoms with Crippen LogP contribution in [0.5, 0.6) is 0 Å². The molecule has 4 nitrogen and oxygen atoms in total. The van der Waals surface area contributed by atoms with E-state index in [1.54, 1.807) is 10.7 Å². The zero-order chi connectivity index (χ0) is 13.9. The summed E-state index contributed by atoms with van der Waals surface area (Å²) >= 11 is 12.2. The summed E-state index contributed by atoms with van der Waals surface area (Å²) in [6, 6.07) is 5.61. The van der Waals surface area contributed by atoms with Crippen LogP contribution < -0.4 is 5.32 Å². The first-order valence-electron chi connectivity index (χ1n) is 6.75. The summed E-state index contributed by atoms with van der Waals surface area (Å²) in [4.78, 5) is 0. The van der Waals surface area contributed by atoms with Gasteiger partial charge >= 0.3 is 0 Å². The molecule has 1 aliphatic rings. The van der Waals surface area contributed by atoms with Gasteiger partial charge in [-0.3, -0.25) is 0 Å². The molecule has 1 heterocycles. The maximum Gasteiger partial charge on any atom is 0.0964 e. The SMILES string of the molecule is Clc1cccc(Cn2cc(CNCC3CC3)nn2)c1Cl. The quantitative estimate of drug-likeness (QED) is 0.891. The maximum atomic E-state index is 6.17. The van der Waals surface area contributed by atoms with Gasteiger partial charge in [-0.05, 0) is 36.9 Å². The molecule has 0 bridgehead atoms. The maximum absolute atomic E-state index is 6.17. The van der Waals surface area contributed by atoms with Gasteiger partial charge < -0.3 is 5.32 Å². The summed E-state index contributed by atoms with van der Waals surface area (Å²) in [5, 5.41) is 12.8. The Morgan fingerprint density at radius 3 is 2.95 bits per heavy atom. The van der Waals surface area contributed by atoms with Crippen molar-refractivity contribution in [3.63, 3.8) is 0 Å². The van der Waals surface area contributed by atoms with Crippen LogP contribution in [-0.4, -0.2) is 21.5 Å². The number of nitrogens with zero attached hydrogens (tertiary/aromatic N) is 3. The second-order valence-corrected chi connectivity index (χ2v) is 5.98. The zero-order valence-electron chi connectivity index (χ0n) is 11.0. The molecule has 0 unspecified atom stereocenters. The summed E-state index contributed by atoms with van der Waals surface area (Å²) < 4.78 is 1.78. The molecular formula is C14H16Cl2N4. The van der Waals surface area contributed by atoms with E-state index in [-0.39, 0.29) is 0 Å². The molecule has 0 radical (unpaired) electrons. The van der Waals surface area contributed by atoms with Gasteiger partial charge in [-0.1, -0.05) is 40.5 Å². The fraction of sp³-hybridized carbons (Fsp3) is 0.429. The van der Waals surface area contributed by atoms with Crippen molar-refractivity contribution >= 4 is 23.2 Å². The average molecular weight is 311 g/mol. The minimum atomic E-state index is 0.565. The molecule has 1 aromatic carbocycles. The molecule has 20 heavy (non-hydrogen) atoms. The summed E-state index contributed by atoms with van der Waals surface area (Å²) in [6.07, 6.45) is 4.65. The van der Waals surface area contributed by atoms with Gasteiger partial charge in [0.1, 0.15) is 0 Å². The van der Waals surface area contributed by atoms with Crippen LogP contribution in [0.25, 0.3) is 0 Å². The normalized spacial score (nSPS) is 14.7. The standard InChI is InChI=1S/C14H16Cl2N4/c15-13-3-1-2-11(14(13)16)8-20-9-12(18-19-20)7-17-6-10-4-5-10/h1-3,9-10,17H,4-8H2. The smallest absolute Gasteiger partial charge is 0.0964 e. The molecule has 1 aliphatic carbocycles. The third-order valence-corrected chi connectivity index (χ3v) is 4.24. The lowest BCUT2D eigenvalue weighted by Gasteiger charge is -2.05. The predicted molar refractivity (Wildman–Crippen MR) is 80.0 cm³/mol. The Balaban J connectivity index is 1.59. The van der Waals surface area contributed by atoms with Crippen molar-refractivity contribution in [2.24, 2.45) is 5.92 Å². The van der Waals surface area contributed by atoms with E-state index in [4.69, 9.17) is 23.2 Å². The van der Waals surface area contributed by atoms with Crippen LogP contribution in [0.15, 0.2) is 24.4 Å². The lowest BCUT2D eigenvalue weighted by molar-refractivity contribution is 0.627. The van der Waals surface area contributed by atoms with Crippen molar-refractivity contribution in [3.05, 3.63) is 45.7 Å². The Bertz CT molecular complexity index is 593. The van der Waals surface area contributed by atoms with E-state index in [0.29, 0.717) is 16.6 Å². The molecular weight excluding hydrogens is 295 g/mol. The van der Waals surface area contributed by atoms with Crippen molar-refractivity contribution in [3.8, 4) is 0 Å². The van der Waals surface area contributed by atoms with Gasteiger partial charge in [0.25, 0.3) is 0 Å². The van der Waals surface area contributed by atoms with E-state index in [0.717, 1.165) is 30.3 Å². The Morgan fingerprint density at radius 2 is 2.15 bits per heavy atom. The summed E-state index contributed by atoms with van der Waals surface area (Å²) in [5.74, 6) is 0.871. The van der Waals surface area contributed by atoms with Gasteiger partial charge in [0, 0.05) is 6.54 Å². The Morgan fingerprint density at radius 1 is 1.30 bits per heavy atom. The summed E-state index contributed by atoms with van der Waals surface area (Å²) in [6.45, 7) is 2.42. The van der Waals surface area contributed by atoms with Crippen molar-refractivity contribution < 1.29 is 0 Å². The molecule has 0 spiro atoms. The first-order chi connectivity index (χ1) is 9.72. The minimum Gasteiger partial charge on any atom is -0.311 e. The van der Waals surface area contributed by atoms with Crippen LogP contribution in [-0.2, 0) is 13.1 Å². The monoisotopic (exact) mass is 310 g/mol. The Labute approximate surface area is 128 Å². The highest BCUT2D eigenvalue weighted by Gasteiger charge is 2.20. The van der Waals surface area contributed by atoms with Gasteiger partial charge in [-0.15, -0.1) is 5.10 Å². The topological polar surface area (TPSA) is 42.7 Å². The highest BCUT2D eigenvalue weighted by atomic mass is 35.5. The molecule has 2 aromatic rings. The van der Waals surface area contributed by atoms with Crippen molar-refractivity contribution in [1.82, 2.24) is 20.3 Å². The number of hydrogen-bond donors (Lipinski definition) is 1. The lowest BCUT2D eigenvalue weighted by atomic mass is 10.2. The van der Waals surface area contributed by atoms with E-state index in [1.807, 2.05) is 18.3 Å². The Kier molecular flexibility index (Phi) is 4.24. The zero-order valence-corrected chi connectivity index (χ0v) is 12.5. The Hall–Kier alpha value is -1.10. The van der Waals surface area contributed by atoms with Gasteiger partial charge in [0.2, 0.25) is 0 Å². The van der Waals surface area contributed by atoms with E-state index >= 15 is 0 Å². The molecule has 1 aromatic heterocycles. The molecule has 1 fully saturated rings. The van der Waals surface area contributed by atoms with Crippen molar-refractivity contribution in [2.75, 3.05) is 6.54 Å². The second-order valence-electron chi connectivity index (χ2n) is 5.19. The van der Waals surface area contributed by atoms with E-state index in [1.165, 1.54) is 12.8 Å². The molecule has 106 valence electrons. The van der Waals surface area contributed by atoms with E-state index in [9.17, 15) is 0 Å². The molecule has 6 heteroatoms. The molecule has 0 atom stereocenters. The van der Waals surface area contributed by atoms with Crippen molar-refractivity contribution in [2.45, 2.75) is 25.9 Å². The third-order valence-electron chi connectivity index (χ3n) is 3.39. The van der Waals surface area contributed by atoms with Crippen LogP contribution in [0.1, 0.15) is 24.1 Å². The number of halogens is 2. The molecule has 0 aliphatic heterocycles. The van der Waals surface area contributed by atoms with Gasteiger partial charge in [-0.25, -0.2) is 4.68 Å². The van der Waals surface area contributed by atoms with Gasteiger partial charge in [-0.2, -0.15) is 0 Å². The number of rotatable bonds is 6. The highest BCUT2D eigenvalue weighted by Crippen LogP contribution is 2.27. The third kappa shape index (κ3) is 3.51. The van der Waals surface area contributed by atoms with Crippen LogP contribution >= 0.6 is 23.2 Å². The van der Waals surface area contributed by atoms with Crippen LogP contribution in [0, 0.1) is 5.92 Å². The average Bonchev–Trinajstić information content (AvgIpc) is 3.15. The van der Waals surface area contributed by atoms with Crippen LogP contribution in [0.4, 0.5) is 0 Å². The molecule has 3 rings (SSSR count). The summed E-state index contributed by atoms with van der Waals surface area (Å²) in [5.41, 5.74) is 1.89. The first-order valence-corrected chi connectivity index (χ1v) is 7.50. The van der Waals surface area contributed by atoms with E-state index < -0.39 is 0 Å². The van der Waals surface area contributed by atoms with Gasteiger partial charge in [0.15, 0.2) is 0 Å². The van der Waals surface area contributed by atoms with Crippen LogP contribution in [0.3, 0.4) is 0 Å². The highest BCUT2D eigenvalue weighted by molar-refractivity contribution is 6.42. The summed E-state index contributed by atoms with van der Waals surface area (Å²) in [7, 11) is 0. The largest absolute Gasteiger partial charge is 0.311 e. The number of aromatic nitrogens is 3. The number of nitrogens with one attached hydrogen (secondary N) is 1. The second kappa shape index (κ2) is 6.12. The van der Waals surface area contributed by atoms with Crippen molar-refractivity contribution in [1.29, 1.82) is 0 Å². The molecule has 1 N–H and O–H groups in total. The lowest BCUT2D eigenvalue weighted by Crippen LogP contribution is -2.16. The van der Waals surface area contributed by atoms with E-state index in [2.05, 4.69) is 15.6 Å². The number of benzene rings is 1. The first kappa shape index (κ1) is 13.9. The number of hydrogen-bond acceptors (Lipinski definition) is 3. The molecule has 0 saturated heterocycles. The fourth-order valence-corrected chi connectivity index (χ4v) is 2.45.